The van der Waals surface area contributed by atoms with E-state index in [4.69, 9.17) is 9.84 Å². The van der Waals surface area contributed by atoms with E-state index in [1.54, 1.807) is 0 Å². The molecule has 0 amide bonds. The lowest BCUT2D eigenvalue weighted by Gasteiger charge is -2.27. The van der Waals surface area contributed by atoms with Crippen LogP contribution in [0.1, 0.15) is 48.4 Å². The van der Waals surface area contributed by atoms with Crippen molar-refractivity contribution in [1.82, 2.24) is 4.98 Å². The van der Waals surface area contributed by atoms with Gasteiger partial charge < -0.3 is 9.84 Å². The van der Waals surface area contributed by atoms with Crippen LogP contribution >= 0.6 is 0 Å². The zero-order valence-electron chi connectivity index (χ0n) is 15.2. The summed E-state index contributed by atoms with van der Waals surface area (Å²) in [5, 5.41) is 10.1. The lowest BCUT2D eigenvalue weighted by molar-refractivity contribution is -0.137. The van der Waals surface area contributed by atoms with Crippen LogP contribution in [0.25, 0.3) is 10.9 Å². The highest BCUT2D eigenvalue weighted by atomic mass is 16.5. The molecule has 0 fully saturated rings. The predicted octanol–water partition coefficient (Wildman–Crippen LogP) is 5.10. The Hall–Kier alpha value is -2.88. The number of carbonyl (C=O) groups is 1. The molecule has 2 aromatic carbocycles. The number of pyridine rings is 1. The summed E-state index contributed by atoms with van der Waals surface area (Å²) in [6, 6.07) is 18.3. The van der Waals surface area contributed by atoms with Gasteiger partial charge in [0.05, 0.1) is 11.2 Å². The first-order valence-corrected chi connectivity index (χ1v) is 9.52. The fourth-order valence-corrected chi connectivity index (χ4v) is 3.99. The number of para-hydroxylation sites is 1. The Balaban J connectivity index is 1.52. The predicted molar refractivity (Wildman–Crippen MR) is 105 cm³/mol. The molecule has 0 spiro atoms. The molecule has 27 heavy (non-hydrogen) atoms. The number of aromatic nitrogens is 1. The van der Waals surface area contributed by atoms with Crippen molar-refractivity contribution in [1.29, 1.82) is 0 Å². The number of aliphatic carboxylic acids is 1. The molecule has 4 nitrogen and oxygen atoms in total. The molecule has 1 aliphatic carbocycles. The minimum atomic E-state index is -0.725. The Morgan fingerprint density at radius 3 is 2.89 bits per heavy atom. The van der Waals surface area contributed by atoms with Gasteiger partial charge in [0.15, 0.2) is 0 Å². The summed E-state index contributed by atoms with van der Waals surface area (Å²) in [7, 11) is 0. The first-order chi connectivity index (χ1) is 13.2. The zero-order chi connectivity index (χ0) is 18.6. The van der Waals surface area contributed by atoms with Crippen LogP contribution in [0, 0.1) is 0 Å². The third kappa shape index (κ3) is 3.95. The molecule has 138 valence electrons. The molecule has 1 aromatic heterocycles. The molecule has 0 saturated carbocycles. The van der Waals surface area contributed by atoms with Crippen molar-refractivity contribution in [2.45, 2.75) is 44.6 Å². The monoisotopic (exact) mass is 361 g/mol. The van der Waals surface area contributed by atoms with Crippen molar-refractivity contribution < 1.29 is 14.6 Å². The molecule has 0 bridgehead atoms. The Bertz CT molecular complexity index is 967. The lowest BCUT2D eigenvalue weighted by Crippen LogP contribution is -2.13. The van der Waals surface area contributed by atoms with Crippen molar-refractivity contribution >= 4 is 16.9 Å². The van der Waals surface area contributed by atoms with E-state index < -0.39 is 5.97 Å². The van der Waals surface area contributed by atoms with Gasteiger partial charge in [-0.2, -0.15) is 0 Å². The maximum Gasteiger partial charge on any atom is 0.303 e. The van der Waals surface area contributed by atoms with Gasteiger partial charge in [0.2, 0.25) is 0 Å². The fourth-order valence-electron chi connectivity index (χ4n) is 3.99. The maximum absolute atomic E-state index is 10.9. The quantitative estimate of drug-likeness (QED) is 0.664. The second-order valence-electron chi connectivity index (χ2n) is 7.13. The van der Waals surface area contributed by atoms with E-state index in [-0.39, 0.29) is 6.42 Å². The number of carboxylic acids is 1. The molecule has 4 rings (SSSR count). The van der Waals surface area contributed by atoms with Crippen molar-refractivity contribution in [2.24, 2.45) is 0 Å². The second-order valence-corrected chi connectivity index (χ2v) is 7.13. The molecule has 0 aliphatic heterocycles. The van der Waals surface area contributed by atoms with Crippen molar-refractivity contribution in [3.8, 4) is 5.75 Å². The fraction of sp³-hybridized carbons (Fsp3) is 0.304. The van der Waals surface area contributed by atoms with Gasteiger partial charge in [-0.1, -0.05) is 36.4 Å². The second kappa shape index (κ2) is 7.78. The molecular weight excluding hydrogens is 338 g/mol. The van der Waals surface area contributed by atoms with Crippen molar-refractivity contribution in [2.75, 3.05) is 0 Å². The third-order valence-corrected chi connectivity index (χ3v) is 5.33. The Morgan fingerprint density at radius 2 is 2.00 bits per heavy atom. The molecule has 1 N–H and O–H groups in total. The largest absolute Gasteiger partial charge is 0.487 e. The van der Waals surface area contributed by atoms with Gasteiger partial charge in [-0.3, -0.25) is 4.79 Å². The highest BCUT2D eigenvalue weighted by molar-refractivity contribution is 5.78. The highest BCUT2D eigenvalue weighted by Gasteiger charge is 2.23. The number of ether oxygens (including phenoxy) is 1. The van der Waals surface area contributed by atoms with E-state index in [0.29, 0.717) is 18.9 Å². The molecule has 0 saturated heterocycles. The van der Waals surface area contributed by atoms with E-state index in [9.17, 15) is 4.79 Å². The molecule has 1 heterocycles. The van der Waals surface area contributed by atoms with Crippen LogP contribution in [0.15, 0.2) is 54.6 Å². The topological polar surface area (TPSA) is 59.4 Å². The highest BCUT2D eigenvalue weighted by Crippen LogP contribution is 2.39. The molecule has 3 aromatic rings. The van der Waals surface area contributed by atoms with Crippen LogP contribution in [0.3, 0.4) is 0 Å². The van der Waals surface area contributed by atoms with Gasteiger partial charge in [-0.15, -0.1) is 0 Å². The summed E-state index contributed by atoms with van der Waals surface area (Å²) in [5.41, 5.74) is 4.37. The summed E-state index contributed by atoms with van der Waals surface area (Å²) in [6.07, 6.45) is 4.02. The number of hydrogen-bond donors (Lipinski definition) is 1. The van der Waals surface area contributed by atoms with Crippen LogP contribution in [0.5, 0.6) is 5.75 Å². The molecule has 1 atom stereocenters. The van der Waals surface area contributed by atoms with Crippen molar-refractivity contribution in [3.05, 3.63) is 71.4 Å². The van der Waals surface area contributed by atoms with Crippen LogP contribution in [-0.2, 0) is 17.8 Å². The molecule has 0 radical (unpaired) electrons. The summed E-state index contributed by atoms with van der Waals surface area (Å²) in [4.78, 5) is 15.6. The average Bonchev–Trinajstić information content (AvgIpc) is 2.70. The minimum absolute atomic E-state index is 0.218. The minimum Gasteiger partial charge on any atom is -0.487 e. The van der Waals surface area contributed by atoms with Gasteiger partial charge in [-0.05, 0) is 60.9 Å². The standard InChI is InChI=1S/C23H23NO3/c25-23(26)14-12-16-6-3-8-20-19(16)7-4-10-22(20)27-15-18-13-11-17-5-1-2-9-21(17)24-18/h1-2,4-5,7,9-11,13,16H,3,6,8,12,14-15H2,(H,25,26). The number of benzene rings is 2. The first kappa shape index (κ1) is 17.5. The van der Waals surface area contributed by atoms with Gasteiger partial charge in [-0.25, -0.2) is 4.98 Å². The average molecular weight is 361 g/mol. The number of rotatable bonds is 6. The van der Waals surface area contributed by atoms with Crippen LogP contribution in [0.2, 0.25) is 0 Å². The van der Waals surface area contributed by atoms with Crippen LogP contribution in [-0.4, -0.2) is 16.1 Å². The summed E-state index contributed by atoms with van der Waals surface area (Å²) in [6.45, 7) is 0.432. The maximum atomic E-state index is 10.9. The molecule has 4 heteroatoms. The van der Waals surface area contributed by atoms with Crippen LogP contribution < -0.4 is 4.74 Å². The lowest BCUT2D eigenvalue weighted by atomic mass is 9.80. The number of carboxylic acid groups (broad SMARTS) is 1. The van der Waals surface area contributed by atoms with E-state index in [1.165, 1.54) is 11.1 Å². The number of hydrogen-bond acceptors (Lipinski definition) is 3. The van der Waals surface area contributed by atoms with E-state index in [1.807, 2.05) is 36.4 Å². The first-order valence-electron chi connectivity index (χ1n) is 9.52. The van der Waals surface area contributed by atoms with E-state index >= 15 is 0 Å². The van der Waals surface area contributed by atoms with Gasteiger partial charge in [0, 0.05) is 11.8 Å². The van der Waals surface area contributed by atoms with Crippen LogP contribution in [0.4, 0.5) is 0 Å². The molecular formula is C23H23NO3. The normalized spacial score (nSPS) is 16.1. The third-order valence-electron chi connectivity index (χ3n) is 5.33. The number of fused-ring (bicyclic) bond motifs is 2. The van der Waals surface area contributed by atoms with Gasteiger partial charge in [0.25, 0.3) is 0 Å². The summed E-state index contributed by atoms with van der Waals surface area (Å²) >= 11 is 0. The molecule has 1 unspecified atom stereocenters. The van der Waals surface area contributed by atoms with Gasteiger partial charge in [0.1, 0.15) is 12.4 Å². The van der Waals surface area contributed by atoms with Crippen molar-refractivity contribution in [3.63, 3.8) is 0 Å². The SMILES string of the molecule is O=C(O)CCC1CCCc2c(OCc3ccc4ccccc4n3)cccc21. The zero-order valence-corrected chi connectivity index (χ0v) is 15.2. The summed E-state index contributed by atoms with van der Waals surface area (Å²) in [5.74, 6) is 0.492. The summed E-state index contributed by atoms with van der Waals surface area (Å²) < 4.78 is 6.13. The van der Waals surface area contributed by atoms with E-state index in [2.05, 4.69) is 23.2 Å². The smallest absolute Gasteiger partial charge is 0.303 e. The molecule has 1 aliphatic rings. The number of nitrogens with zero attached hydrogens (tertiary/aromatic N) is 1. The van der Waals surface area contributed by atoms with E-state index in [0.717, 1.165) is 41.6 Å². The van der Waals surface area contributed by atoms with Gasteiger partial charge >= 0.3 is 5.97 Å². The Labute approximate surface area is 158 Å². The Kier molecular flexibility index (Phi) is 5.05. The Morgan fingerprint density at radius 1 is 1.11 bits per heavy atom.